The van der Waals surface area contributed by atoms with E-state index in [1.165, 1.54) is 0 Å². The second kappa shape index (κ2) is 16.0. The van der Waals surface area contributed by atoms with Gasteiger partial charge in [0.05, 0.1) is 0 Å². The van der Waals surface area contributed by atoms with E-state index in [0.29, 0.717) is 6.42 Å². The SMILES string of the molecule is CCCN.O=CCCCS. The summed E-state index contributed by atoms with van der Waals surface area (Å²) in [6, 6.07) is 0. The van der Waals surface area contributed by atoms with Gasteiger partial charge in [0.2, 0.25) is 0 Å². The van der Waals surface area contributed by atoms with Crippen molar-refractivity contribution in [1.82, 2.24) is 0 Å². The Morgan fingerprint density at radius 2 is 2.10 bits per heavy atom. The molecular formula is C7H17NOS. The molecule has 10 heavy (non-hydrogen) atoms. The topological polar surface area (TPSA) is 43.1 Å². The lowest BCUT2D eigenvalue weighted by molar-refractivity contribution is -0.107. The van der Waals surface area contributed by atoms with Gasteiger partial charge in [0, 0.05) is 6.42 Å². The summed E-state index contributed by atoms with van der Waals surface area (Å²) in [6.07, 6.45) is 3.58. The molecule has 0 aliphatic rings. The first-order valence-corrected chi connectivity index (χ1v) is 4.21. The number of nitrogens with two attached hydrogens (primary N) is 1. The molecule has 0 atom stereocenters. The van der Waals surface area contributed by atoms with Crippen molar-refractivity contribution in [3.8, 4) is 0 Å². The number of hydrogen-bond donors (Lipinski definition) is 2. The van der Waals surface area contributed by atoms with Gasteiger partial charge in [0.15, 0.2) is 0 Å². The van der Waals surface area contributed by atoms with Crippen LogP contribution in [0.3, 0.4) is 0 Å². The highest BCUT2D eigenvalue weighted by Gasteiger charge is 1.75. The number of aldehydes is 1. The summed E-state index contributed by atoms with van der Waals surface area (Å²) in [6.45, 7) is 2.88. The van der Waals surface area contributed by atoms with E-state index in [4.69, 9.17) is 5.73 Å². The summed E-state index contributed by atoms with van der Waals surface area (Å²) >= 11 is 3.90. The Kier molecular flexibility index (Phi) is 20.2. The van der Waals surface area contributed by atoms with Crippen molar-refractivity contribution >= 4 is 18.9 Å². The van der Waals surface area contributed by atoms with Crippen LogP contribution in [0.25, 0.3) is 0 Å². The fourth-order valence-corrected chi connectivity index (χ4v) is 0.357. The van der Waals surface area contributed by atoms with Gasteiger partial charge in [-0.05, 0) is 25.1 Å². The van der Waals surface area contributed by atoms with Crippen molar-refractivity contribution < 1.29 is 4.79 Å². The van der Waals surface area contributed by atoms with Crippen LogP contribution in [-0.4, -0.2) is 18.6 Å². The third-order valence-electron chi connectivity index (χ3n) is 0.769. The number of hydrogen-bond acceptors (Lipinski definition) is 3. The Morgan fingerprint density at radius 3 is 2.20 bits per heavy atom. The fraction of sp³-hybridized carbons (Fsp3) is 0.857. The van der Waals surface area contributed by atoms with E-state index in [9.17, 15) is 4.79 Å². The van der Waals surface area contributed by atoms with Crippen LogP contribution in [0.5, 0.6) is 0 Å². The van der Waals surface area contributed by atoms with Gasteiger partial charge in [-0.1, -0.05) is 6.92 Å². The zero-order valence-electron chi connectivity index (χ0n) is 6.55. The van der Waals surface area contributed by atoms with Crippen molar-refractivity contribution in [3.05, 3.63) is 0 Å². The number of unbranched alkanes of at least 4 members (excludes halogenated alkanes) is 1. The van der Waals surface area contributed by atoms with E-state index >= 15 is 0 Å². The van der Waals surface area contributed by atoms with Crippen molar-refractivity contribution in [1.29, 1.82) is 0 Å². The highest BCUT2D eigenvalue weighted by molar-refractivity contribution is 7.80. The Morgan fingerprint density at radius 1 is 1.60 bits per heavy atom. The quantitative estimate of drug-likeness (QED) is 0.372. The average Bonchev–Trinajstić information content (AvgIpc) is 2.01. The van der Waals surface area contributed by atoms with Crippen LogP contribution in [0, 0.1) is 0 Å². The van der Waals surface area contributed by atoms with Crippen molar-refractivity contribution in [2.75, 3.05) is 12.3 Å². The molecule has 0 rings (SSSR count). The minimum atomic E-state index is 0.656. The fourth-order valence-electron chi connectivity index (χ4n) is 0.175. The maximum atomic E-state index is 9.53. The lowest BCUT2D eigenvalue weighted by atomic mass is 10.4. The molecule has 0 saturated heterocycles. The zero-order chi connectivity index (χ0) is 8.24. The van der Waals surface area contributed by atoms with Crippen LogP contribution in [0.2, 0.25) is 0 Å². The molecule has 2 nitrogen and oxygen atoms in total. The van der Waals surface area contributed by atoms with Gasteiger partial charge in [-0.25, -0.2) is 0 Å². The summed E-state index contributed by atoms with van der Waals surface area (Å²) < 4.78 is 0. The molecule has 0 fully saturated rings. The zero-order valence-corrected chi connectivity index (χ0v) is 7.44. The van der Waals surface area contributed by atoms with Crippen LogP contribution in [-0.2, 0) is 4.79 Å². The van der Waals surface area contributed by atoms with Gasteiger partial charge in [-0.15, -0.1) is 0 Å². The number of rotatable bonds is 4. The van der Waals surface area contributed by atoms with Crippen LogP contribution < -0.4 is 5.73 Å². The number of carbonyl (C=O) groups excluding carboxylic acids is 1. The first kappa shape index (κ1) is 12.6. The van der Waals surface area contributed by atoms with E-state index in [2.05, 4.69) is 19.6 Å². The van der Waals surface area contributed by atoms with Gasteiger partial charge in [0.25, 0.3) is 0 Å². The molecule has 0 aromatic heterocycles. The molecule has 0 unspecified atom stereocenters. The molecule has 3 heteroatoms. The first-order chi connectivity index (χ1) is 4.83. The maximum Gasteiger partial charge on any atom is 0.120 e. The number of thiol groups is 1. The van der Waals surface area contributed by atoms with Gasteiger partial charge in [-0.3, -0.25) is 0 Å². The molecule has 0 aromatic carbocycles. The van der Waals surface area contributed by atoms with E-state index in [1.54, 1.807) is 0 Å². The Hall–Kier alpha value is -0.0200. The normalized spacial score (nSPS) is 7.90. The van der Waals surface area contributed by atoms with Gasteiger partial charge < -0.3 is 10.5 Å². The second-order valence-corrected chi connectivity index (χ2v) is 2.27. The Labute approximate surface area is 68.6 Å². The van der Waals surface area contributed by atoms with Crippen molar-refractivity contribution in [2.24, 2.45) is 5.73 Å². The molecular weight excluding hydrogens is 146 g/mol. The van der Waals surface area contributed by atoms with Crippen LogP contribution in [0.1, 0.15) is 26.2 Å². The predicted octanol–water partition coefficient (Wildman–Crippen LogP) is 1.25. The molecule has 0 aliphatic carbocycles. The minimum Gasteiger partial charge on any atom is -0.330 e. The van der Waals surface area contributed by atoms with E-state index in [1.807, 2.05) is 0 Å². The van der Waals surface area contributed by atoms with Crippen molar-refractivity contribution in [2.45, 2.75) is 26.2 Å². The Balaban J connectivity index is 0. The highest BCUT2D eigenvalue weighted by Crippen LogP contribution is 1.84. The number of carbonyl (C=O) groups is 1. The van der Waals surface area contributed by atoms with Crippen molar-refractivity contribution in [3.63, 3.8) is 0 Å². The summed E-state index contributed by atoms with van der Waals surface area (Å²) in [7, 11) is 0. The van der Waals surface area contributed by atoms with Crippen LogP contribution in [0.15, 0.2) is 0 Å². The van der Waals surface area contributed by atoms with Gasteiger partial charge in [0.1, 0.15) is 6.29 Å². The molecule has 0 aromatic rings. The molecule has 0 saturated carbocycles. The third-order valence-corrected chi connectivity index (χ3v) is 1.08. The molecule has 2 N–H and O–H groups in total. The third kappa shape index (κ3) is 24.5. The smallest absolute Gasteiger partial charge is 0.120 e. The van der Waals surface area contributed by atoms with Crippen LogP contribution in [0.4, 0.5) is 0 Å². The second-order valence-electron chi connectivity index (χ2n) is 1.82. The molecule has 62 valence electrons. The molecule has 0 amide bonds. The van der Waals surface area contributed by atoms with Gasteiger partial charge >= 0.3 is 0 Å². The Bertz CT molecular complexity index is 57.6. The van der Waals surface area contributed by atoms with Crippen LogP contribution >= 0.6 is 12.6 Å². The summed E-state index contributed by atoms with van der Waals surface area (Å²) in [5.41, 5.74) is 5.03. The van der Waals surface area contributed by atoms with E-state index in [0.717, 1.165) is 31.4 Å². The van der Waals surface area contributed by atoms with E-state index in [-0.39, 0.29) is 0 Å². The molecule has 0 bridgehead atoms. The minimum absolute atomic E-state index is 0.656. The summed E-state index contributed by atoms with van der Waals surface area (Å²) in [5.74, 6) is 0.818. The standard InChI is InChI=1S/C4H8OS.C3H9N/c5-3-1-2-4-6;1-2-3-4/h3,6H,1-2,4H2;2-4H2,1H3. The lowest BCUT2D eigenvalue weighted by Crippen LogP contribution is -1.93. The first-order valence-electron chi connectivity index (χ1n) is 3.58. The maximum absolute atomic E-state index is 9.53. The predicted molar refractivity (Wildman–Crippen MR) is 48.5 cm³/mol. The molecule has 0 spiro atoms. The van der Waals surface area contributed by atoms with E-state index < -0.39 is 0 Å². The molecule has 0 heterocycles. The molecule has 0 aliphatic heterocycles. The highest BCUT2D eigenvalue weighted by atomic mass is 32.1. The summed E-state index contributed by atoms with van der Waals surface area (Å²) in [5, 5.41) is 0. The largest absolute Gasteiger partial charge is 0.330 e. The summed E-state index contributed by atoms with van der Waals surface area (Å²) in [4.78, 5) is 9.53. The molecule has 0 radical (unpaired) electrons. The average molecular weight is 163 g/mol. The monoisotopic (exact) mass is 163 g/mol. The lowest BCUT2D eigenvalue weighted by Gasteiger charge is -1.78. The van der Waals surface area contributed by atoms with Gasteiger partial charge in [-0.2, -0.15) is 12.6 Å².